The van der Waals surface area contributed by atoms with Gasteiger partial charge in [-0.25, -0.2) is 0 Å². The average molecular weight is 495 g/mol. The van der Waals surface area contributed by atoms with Crippen LogP contribution in [0, 0.1) is 23.2 Å². The summed E-state index contributed by atoms with van der Waals surface area (Å²) in [5.41, 5.74) is 6.29. The van der Waals surface area contributed by atoms with Crippen LogP contribution in [0.2, 0.25) is 0 Å². The van der Waals surface area contributed by atoms with Crippen molar-refractivity contribution in [3.63, 3.8) is 0 Å². The predicted molar refractivity (Wildman–Crippen MR) is 140 cm³/mol. The molecule has 1 aromatic rings. The first-order valence-electron chi connectivity index (χ1n) is 13.7. The lowest BCUT2D eigenvalue weighted by molar-refractivity contribution is -0.199. The van der Waals surface area contributed by atoms with Gasteiger partial charge >= 0.3 is 7.12 Å². The maximum absolute atomic E-state index is 13.9. The Kier molecular flexibility index (Phi) is 6.33. The number of nitrogens with one attached hydrogen (secondary N) is 1. The Bertz CT molecular complexity index is 1020. The molecule has 2 amide bonds. The summed E-state index contributed by atoms with van der Waals surface area (Å²) in [6.45, 7) is 13.3. The molecule has 2 heterocycles. The summed E-state index contributed by atoms with van der Waals surface area (Å²) in [6.07, 6.45) is 3.44. The maximum Gasteiger partial charge on any atom is 0.481 e. The summed E-state index contributed by atoms with van der Waals surface area (Å²) in [4.78, 5) is 29.0. The lowest BCUT2D eigenvalue weighted by Gasteiger charge is -2.64. The van der Waals surface area contributed by atoms with E-state index in [9.17, 15) is 9.59 Å². The van der Waals surface area contributed by atoms with Gasteiger partial charge in [0, 0.05) is 6.54 Å². The molecule has 7 atom stereocenters. The zero-order valence-electron chi connectivity index (χ0n) is 22.6. The summed E-state index contributed by atoms with van der Waals surface area (Å²) in [5, 5.41) is 3.21. The van der Waals surface area contributed by atoms with Gasteiger partial charge < -0.3 is 25.3 Å². The van der Waals surface area contributed by atoms with Crippen molar-refractivity contribution in [2.45, 2.75) is 96.5 Å². The van der Waals surface area contributed by atoms with Crippen LogP contribution in [-0.4, -0.2) is 53.6 Å². The SMILES string of the molecule is CC[C@H](NC(=O)[C@H](c1ccccc1)N1CCC(N)(C(C)C)C1=O)B1OC2C[C@H]3C[C@H](C3(C)C)[C@]2(C)O1. The van der Waals surface area contributed by atoms with Crippen molar-refractivity contribution >= 4 is 18.9 Å². The van der Waals surface area contributed by atoms with E-state index in [0.717, 1.165) is 12.0 Å². The third-order valence-corrected chi connectivity index (χ3v) is 10.2. The van der Waals surface area contributed by atoms with Gasteiger partial charge in [0.25, 0.3) is 0 Å². The Morgan fingerprint density at radius 3 is 2.50 bits per heavy atom. The second-order valence-electron chi connectivity index (χ2n) is 12.6. The van der Waals surface area contributed by atoms with Gasteiger partial charge in [-0.15, -0.1) is 0 Å². The van der Waals surface area contributed by atoms with Crippen LogP contribution >= 0.6 is 0 Å². The fourth-order valence-electron chi connectivity index (χ4n) is 7.37. The number of nitrogens with two attached hydrogens (primary N) is 1. The van der Waals surface area contributed by atoms with E-state index in [4.69, 9.17) is 15.0 Å². The molecule has 196 valence electrons. The maximum atomic E-state index is 13.9. The normalized spacial score (nSPS) is 36.4. The van der Waals surface area contributed by atoms with Crippen molar-refractivity contribution in [2.24, 2.45) is 28.9 Å². The average Bonchev–Trinajstić information content (AvgIpc) is 3.35. The zero-order valence-corrected chi connectivity index (χ0v) is 22.6. The van der Waals surface area contributed by atoms with E-state index >= 15 is 0 Å². The first-order valence-corrected chi connectivity index (χ1v) is 13.7. The molecule has 2 saturated heterocycles. The van der Waals surface area contributed by atoms with Crippen LogP contribution in [0.4, 0.5) is 0 Å². The standard InChI is InChI=1S/C28H42BN3O4/c1-7-22(29-35-21-16-19-15-20(26(19,4)5)27(21,6)36-29)31-24(33)23(18-11-9-8-10-12-18)32-14-13-28(30,17(2)3)25(32)34/h8-12,17,19-23H,7,13-16,30H2,1-6H3,(H,31,33)/t19-,20-,21?,22+,23+,27+,28?/m1/s1. The van der Waals surface area contributed by atoms with Crippen LogP contribution in [0.5, 0.6) is 0 Å². The van der Waals surface area contributed by atoms with Crippen molar-refractivity contribution in [2.75, 3.05) is 6.54 Å². The van der Waals surface area contributed by atoms with Gasteiger partial charge in [0.15, 0.2) is 0 Å². The third-order valence-electron chi connectivity index (χ3n) is 10.2. The van der Waals surface area contributed by atoms with Gasteiger partial charge in [0.05, 0.1) is 23.2 Å². The molecule has 1 aromatic carbocycles. The van der Waals surface area contributed by atoms with Gasteiger partial charge in [-0.05, 0) is 61.3 Å². The van der Waals surface area contributed by atoms with Crippen LogP contribution in [0.25, 0.3) is 0 Å². The first-order chi connectivity index (χ1) is 16.9. The number of carbonyl (C=O) groups is 2. The molecule has 0 aromatic heterocycles. The Labute approximate surface area is 216 Å². The number of hydrogen-bond donors (Lipinski definition) is 2. The molecule has 36 heavy (non-hydrogen) atoms. The molecular weight excluding hydrogens is 453 g/mol. The second kappa shape index (κ2) is 8.85. The van der Waals surface area contributed by atoms with E-state index in [2.05, 4.69) is 26.1 Å². The number of hydrogen-bond acceptors (Lipinski definition) is 5. The van der Waals surface area contributed by atoms with Gasteiger partial charge in [-0.2, -0.15) is 0 Å². The molecule has 5 fully saturated rings. The Morgan fingerprint density at radius 2 is 1.92 bits per heavy atom. The summed E-state index contributed by atoms with van der Waals surface area (Å²) >= 11 is 0. The molecule has 0 radical (unpaired) electrons. The highest BCUT2D eigenvalue weighted by molar-refractivity contribution is 6.47. The van der Waals surface area contributed by atoms with Crippen LogP contribution in [0.3, 0.4) is 0 Å². The molecule has 7 nitrogen and oxygen atoms in total. The lowest BCUT2D eigenvalue weighted by atomic mass is 9.43. The quantitative estimate of drug-likeness (QED) is 0.565. The minimum atomic E-state index is -0.951. The van der Waals surface area contributed by atoms with Gasteiger partial charge in [0.2, 0.25) is 11.8 Å². The van der Waals surface area contributed by atoms with Crippen molar-refractivity contribution in [3.05, 3.63) is 35.9 Å². The van der Waals surface area contributed by atoms with Crippen LogP contribution < -0.4 is 11.1 Å². The molecule has 3 aliphatic carbocycles. The Balaban J connectivity index is 1.36. The molecule has 2 bridgehead atoms. The van der Waals surface area contributed by atoms with E-state index in [1.807, 2.05) is 51.1 Å². The number of carbonyl (C=O) groups excluding carboxylic acids is 2. The topological polar surface area (TPSA) is 93.9 Å². The monoisotopic (exact) mass is 495 g/mol. The number of likely N-dealkylation sites (tertiary alicyclic amines) is 1. The highest BCUT2D eigenvalue weighted by Gasteiger charge is 2.68. The van der Waals surface area contributed by atoms with Crippen LogP contribution in [0.15, 0.2) is 30.3 Å². The van der Waals surface area contributed by atoms with Crippen molar-refractivity contribution in [3.8, 4) is 0 Å². The van der Waals surface area contributed by atoms with E-state index in [-0.39, 0.29) is 40.8 Å². The van der Waals surface area contributed by atoms with Gasteiger partial charge in [0.1, 0.15) is 6.04 Å². The van der Waals surface area contributed by atoms with Crippen LogP contribution in [-0.2, 0) is 18.9 Å². The van der Waals surface area contributed by atoms with E-state index in [1.54, 1.807) is 4.90 Å². The predicted octanol–water partition coefficient (Wildman–Crippen LogP) is 3.48. The minimum Gasteiger partial charge on any atom is -0.404 e. The molecule has 6 rings (SSSR count). The minimum absolute atomic E-state index is 0.0160. The van der Waals surface area contributed by atoms with Gasteiger partial charge in [-0.1, -0.05) is 65.0 Å². The molecule has 2 unspecified atom stereocenters. The molecule has 8 heteroatoms. The van der Waals surface area contributed by atoms with E-state index in [1.165, 1.54) is 6.42 Å². The Hall–Kier alpha value is -1.90. The summed E-state index contributed by atoms with van der Waals surface area (Å²) in [6, 6.07) is 8.76. The molecule has 0 spiro atoms. The van der Waals surface area contributed by atoms with Crippen molar-refractivity contribution in [1.29, 1.82) is 0 Å². The van der Waals surface area contributed by atoms with E-state index in [0.29, 0.717) is 31.2 Å². The summed E-state index contributed by atoms with van der Waals surface area (Å²) < 4.78 is 13.1. The number of benzene rings is 1. The molecule has 3 saturated carbocycles. The molecule has 5 aliphatic rings. The fraction of sp³-hybridized carbons (Fsp3) is 0.714. The number of amides is 2. The second-order valence-corrected chi connectivity index (χ2v) is 12.6. The fourth-order valence-corrected chi connectivity index (χ4v) is 7.37. The highest BCUT2D eigenvalue weighted by atomic mass is 16.7. The molecule has 3 N–H and O–H groups in total. The zero-order chi connectivity index (χ0) is 26.0. The lowest BCUT2D eigenvalue weighted by Crippen LogP contribution is -2.65. The van der Waals surface area contributed by atoms with Crippen LogP contribution in [0.1, 0.15) is 78.8 Å². The summed E-state index contributed by atoms with van der Waals surface area (Å²) in [5.74, 6) is 0.419. The number of rotatable bonds is 7. The molecular formula is C28H42BN3O4. The van der Waals surface area contributed by atoms with Crippen molar-refractivity contribution in [1.82, 2.24) is 10.2 Å². The van der Waals surface area contributed by atoms with Gasteiger partial charge in [-0.3, -0.25) is 9.59 Å². The highest BCUT2D eigenvalue weighted by Crippen LogP contribution is 2.65. The molecule has 2 aliphatic heterocycles. The summed E-state index contributed by atoms with van der Waals surface area (Å²) in [7, 11) is -0.501. The smallest absolute Gasteiger partial charge is 0.404 e. The number of nitrogens with zero attached hydrogens (tertiary/aromatic N) is 1. The first kappa shape index (κ1) is 25.7. The van der Waals surface area contributed by atoms with E-state index < -0.39 is 18.7 Å². The third kappa shape index (κ3) is 3.74. The largest absolute Gasteiger partial charge is 0.481 e. The Morgan fingerprint density at radius 1 is 1.22 bits per heavy atom. The van der Waals surface area contributed by atoms with Crippen molar-refractivity contribution < 1.29 is 18.9 Å².